The van der Waals surface area contributed by atoms with Crippen molar-refractivity contribution >= 4 is 40.7 Å². The average Bonchev–Trinajstić information content (AvgIpc) is 3.43. The zero-order valence-corrected chi connectivity index (χ0v) is 19.8. The summed E-state index contributed by atoms with van der Waals surface area (Å²) in [5, 5.41) is 7.62. The SMILES string of the molecule is C/C=C/C(=O)N1CC2(CC(c3cccc(NC(=O)COc4ccc(Cl)cc4)c3)=NO2)C[C@@H]1C(N)=O. The fourth-order valence-corrected chi connectivity index (χ4v) is 4.32. The molecule has 9 nitrogen and oxygen atoms in total. The largest absolute Gasteiger partial charge is 0.484 e. The smallest absolute Gasteiger partial charge is 0.262 e. The van der Waals surface area contributed by atoms with E-state index in [9.17, 15) is 14.4 Å². The van der Waals surface area contributed by atoms with Gasteiger partial charge in [-0.1, -0.05) is 35.0 Å². The minimum Gasteiger partial charge on any atom is -0.484 e. The molecule has 2 aromatic carbocycles. The molecule has 1 spiro atoms. The van der Waals surface area contributed by atoms with E-state index in [0.29, 0.717) is 28.6 Å². The monoisotopic (exact) mass is 496 g/mol. The number of primary amides is 1. The average molecular weight is 497 g/mol. The van der Waals surface area contributed by atoms with E-state index in [1.54, 1.807) is 55.5 Å². The van der Waals surface area contributed by atoms with Crippen LogP contribution in [-0.2, 0) is 19.2 Å². The summed E-state index contributed by atoms with van der Waals surface area (Å²) < 4.78 is 5.48. The highest BCUT2D eigenvalue weighted by molar-refractivity contribution is 6.30. The first-order chi connectivity index (χ1) is 16.8. The summed E-state index contributed by atoms with van der Waals surface area (Å²) in [5.41, 5.74) is 6.71. The Morgan fingerprint density at radius 3 is 2.77 bits per heavy atom. The number of ether oxygens (including phenoxy) is 1. The summed E-state index contributed by atoms with van der Waals surface area (Å²) >= 11 is 5.85. The highest BCUT2D eigenvalue weighted by atomic mass is 35.5. The van der Waals surface area contributed by atoms with Gasteiger partial charge in [-0.25, -0.2) is 0 Å². The molecular formula is C25H25ClN4O5. The number of anilines is 1. The number of nitrogens with one attached hydrogen (secondary N) is 1. The molecule has 2 heterocycles. The minimum absolute atomic E-state index is 0.163. The lowest BCUT2D eigenvalue weighted by molar-refractivity contribution is -0.133. The molecule has 0 aliphatic carbocycles. The molecule has 4 rings (SSSR count). The standard InChI is InChI=1S/C25H25ClN4O5/c1-2-4-23(32)30-15-25(13-21(30)24(27)33)12-20(29-35-25)16-5-3-6-18(11-16)28-22(31)14-34-19-9-7-17(26)8-10-19/h2-11,21H,12-15H2,1H3,(H2,27,33)(H,28,31)/b4-2+/t21-,25?/m1/s1. The zero-order chi connectivity index (χ0) is 25.0. The third kappa shape index (κ3) is 5.63. The molecule has 2 aliphatic rings. The van der Waals surface area contributed by atoms with Gasteiger partial charge in [0.2, 0.25) is 11.8 Å². The van der Waals surface area contributed by atoms with Gasteiger partial charge in [-0.2, -0.15) is 0 Å². The minimum atomic E-state index is -0.821. The molecule has 0 radical (unpaired) electrons. The van der Waals surface area contributed by atoms with E-state index in [0.717, 1.165) is 5.56 Å². The van der Waals surface area contributed by atoms with Gasteiger partial charge in [0, 0.05) is 29.1 Å². The summed E-state index contributed by atoms with van der Waals surface area (Å²) in [4.78, 5) is 44.0. The van der Waals surface area contributed by atoms with Gasteiger partial charge in [0.15, 0.2) is 12.2 Å². The van der Waals surface area contributed by atoms with Gasteiger partial charge in [0.25, 0.3) is 5.91 Å². The van der Waals surface area contributed by atoms with Crippen LogP contribution in [0.4, 0.5) is 5.69 Å². The molecule has 0 aromatic heterocycles. The molecule has 1 saturated heterocycles. The number of hydrogen-bond donors (Lipinski definition) is 2. The third-order valence-electron chi connectivity index (χ3n) is 5.82. The summed E-state index contributed by atoms with van der Waals surface area (Å²) in [7, 11) is 0. The van der Waals surface area contributed by atoms with Crippen LogP contribution in [0.1, 0.15) is 25.3 Å². The lowest BCUT2D eigenvalue weighted by Crippen LogP contribution is -2.43. The fourth-order valence-electron chi connectivity index (χ4n) is 4.20. The molecule has 2 atom stereocenters. The van der Waals surface area contributed by atoms with E-state index in [2.05, 4.69) is 10.5 Å². The number of hydrogen-bond acceptors (Lipinski definition) is 6. The lowest BCUT2D eigenvalue weighted by Gasteiger charge is -2.21. The number of nitrogens with two attached hydrogens (primary N) is 1. The predicted octanol–water partition coefficient (Wildman–Crippen LogP) is 2.88. The Bertz CT molecular complexity index is 1200. The molecule has 3 N–H and O–H groups in total. The quantitative estimate of drug-likeness (QED) is 0.570. The molecule has 1 fully saturated rings. The summed E-state index contributed by atoms with van der Waals surface area (Å²) in [6.45, 7) is 1.77. The highest BCUT2D eigenvalue weighted by Crippen LogP contribution is 2.39. The number of likely N-dealkylation sites (tertiary alicyclic amines) is 1. The van der Waals surface area contributed by atoms with Crippen molar-refractivity contribution < 1.29 is 24.0 Å². The van der Waals surface area contributed by atoms with Crippen LogP contribution in [0.5, 0.6) is 5.75 Å². The number of amides is 3. The first kappa shape index (κ1) is 24.3. The Morgan fingerprint density at radius 2 is 2.06 bits per heavy atom. The van der Waals surface area contributed by atoms with Gasteiger partial charge in [-0.15, -0.1) is 0 Å². The van der Waals surface area contributed by atoms with Crippen molar-refractivity contribution in [1.29, 1.82) is 0 Å². The molecule has 2 aliphatic heterocycles. The van der Waals surface area contributed by atoms with Crippen LogP contribution >= 0.6 is 11.6 Å². The fraction of sp³-hybridized carbons (Fsp3) is 0.280. The van der Waals surface area contributed by atoms with Gasteiger partial charge in [0.1, 0.15) is 11.8 Å². The maximum atomic E-state index is 12.4. The van der Waals surface area contributed by atoms with Gasteiger partial charge >= 0.3 is 0 Å². The molecule has 0 saturated carbocycles. The van der Waals surface area contributed by atoms with Crippen LogP contribution in [-0.4, -0.2) is 53.1 Å². The first-order valence-corrected chi connectivity index (χ1v) is 11.4. The number of allylic oxidation sites excluding steroid dienone is 1. The second kappa shape index (κ2) is 10.2. The van der Waals surface area contributed by atoms with Crippen molar-refractivity contribution in [1.82, 2.24) is 4.90 Å². The van der Waals surface area contributed by atoms with Crippen molar-refractivity contribution in [2.24, 2.45) is 10.9 Å². The molecule has 35 heavy (non-hydrogen) atoms. The van der Waals surface area contributed by atoms with E-state index in [4.69, 9.17) is 26.9 Å². The van der Waals surface area contributed by atoms with Crippen molar-refractivity contribution in [2.45, 2.75) is 31.4 Å². The van der Waals surface area contributed by atoms with Crippen LogP contribution in [0.25, 0.3) is 0 Å². The molecular weight excluding hydrogens is 472 g/mol. The number of carbonyl (C=O) groups excluding carboxylic acids is 3. The van der Waals surface area contributed by atoms with Crippen molar-refractivity contribution in [3.63, 3.8) is 0 Å². The van der Waals surface area contributed by atoms with E-state index in [-0.39, 0.29) is 31.4 Å². The molecule has 2 aromatic rings. The van der Waals surface area contributed by atoms with Crippen LogP contribution < -0.4 is 15.8 Å². The van der Waals surface area contributed by atoms with E-state index in [1.807, 2.05) is 6.07 Å². The second-order valence-electron chi connectivity index (χ2n) is 8.45. The van der Waals surface area contributed by atoms with Crippen molar-refractivity contribution in [3.8, 4) is 5.75 Å². The molecule has 182 valence electrons. The van der Waals surface area contributed by atoms with Crippen molar-refractivity contribution in [3.05, 3.63) is 71.3 Å². The van der Waals surface area contributed by atoms with Crippen LogP contribution in [0, 0.1) is 0 Å². The topological polar surface area (TPSA) is 123 Å². The number of carbonyl (C=O) groups is 3. The number of benzene rings is 2. The molecule has 3 amide bonds. The Hall–Kier alpha value is -3.85. The highest BCUT2D eigenvalue weighted by Gasteiger charge is 2.52. The second-order valence-corrected chi connectivity index (χ2v) is 8.89. The van der Waals surface area contributed by atoms with Crippen LogP contribution in [0.2, 0.25) is 5.02 Å². The van der Waals surface area contributed by atoms with E-state index < -0.39 is 17.6 Å². The molecule has 1 unspecified atom stereocenters. The predicted molar refractivity (Wildman–Crippen MR) is 131 cm³/mol. The van der Waals surface area contributed by atoms with Crippen LogP contribution in [0.15, 0.2) is 65.8 Å². The lowest BCUT2D eigenvalue weighted by atomic mass is 9.91. The zero-order valence-electron chi connectivity index (χ0n) is 19.1. The number of oxime groups is 1. The molecule has 0 bridgehead atoms. The number of nitrogens with zero attached hydrogens (tertiary/aromatic N) is 2. The van der Waals surface area contributed by atoms with E-state index in [1.165, 1.54) is 11.0 Å². The Labute approximate surface area is 207 Å². The van der Waals surface area contributed by atoms with Gasteiger partial charge in [-0.05, 0) is 49.4 Å². The van der Waals surface area contributed by atoms with Crippen LogP contribution in [0.3, 0.4) is 0 Å². The number of halogens is 1. The Morgan fingerprint density at radius 1 is 1.29 bits per heavy atom. The van der Waals surface area contributed by atoms with Gasteiger partial charge in [0.05, 0.1) is 12.3 Å². The van der Waals surface area contributed by atoms with E-state index >= 15 is 0 Å². The maximum absolute atomic E-state index is 12.4. The summed E-state index contributed by atoms with van der Waals surface area (Å²) in [6.07, 6.45) is 3.67. The maximum Gasteiger partial charge on any atom is 0.262 e. The van der Waals surface area contributed by atoms with Gasteiger partial charge < -0.3 is 25.5 Å². The van der Waals surface area contributed by atoms with Crippen molar-refractivity contribution in [2.75, 3.05) is 18.5 Å². The first-order valence-electron chi connectivity index (χ1n) is 11.0. The van der Waals surface area contributed by atoms with Gasteiger partial charge in [-0.3, -0.25) is 14.4 Å². The summed E-state index contributed by atoms with van der Waals surface area (Å²) in [5.74, 6) is -0.664. The summed E-state index contributed by atoms with van der Waals surface area (Å²) in [6, 6.07) is 13.1. The third-order valence-corrected chi connectivity index (χ3v) is 6.08. The normalized spacial score (nSPS) is 21.1. The number of rotatable bonds is 7. The molecule has 10 heteroatoms. The Balaban J connectivity index is 1.39. The Kier molecular flexibility index (Phi) is 7.07.